The molecule has 0 radical (unpaired) electrons. The summed E-state index contributed by atoms with van der Waals surface area (Å²) in [5.41, 5.74) is 4.31. The third-order valence-corrected chi connectivity index (χ3v) is 6.89. The normalized spacial score (nSPS) is 17.8. The van der Waals surface area contributed by atoms with Crippen LogP contribution in [0.3, 0.4) is 0 Å². The van der Waals surface area contributed by atoms with E-state index < -0.39 is 5.54 Å². The van der Waals surface area contributed by atoms with Crippen molar-refractivity contribution in [2.24, 2.45) is 9.98 Å². The molecule has 1 aromatic heterocycles. The van der Waals surface area contributed by atoms with Crippen LogP contribution in [-0.2, 0) is 12.1 Å². The number of aliphatic imine (C=N–C) groups is 2. The molecule has 2 N–H and O–H groups in total. The summed E-state index contributed by atoms with van der Waals surface area (Å²) in [5.74, 6) is 1.75. The van der Waals surface area contributed by atoms with Gasteiger partial charge in [0.05, 0.1) is 42.7 Å². The van der Waals surface area contributed by atoms with E-state index in [0.29, 0.717) is 23.9 Å². The summed E-state index contributed by atoms with van der Waals surface area (Å²) in [4.78, 5) is 38.6. The molecule has 2 aliphatic heterocycles. The van der Waals surface area contributed by atoms with Crippen molar-refractivity contribution < 1.29 is 9.53 Å². The number of aromatic amines is 1. The van der Waals surface area contributed by atoms with Gasteiger partial charge >= 0.3 is 6.03 Å². The van der Waals surface area contributed by atoms with Crippen LogP contribution in [0, 0.1) is 0 Å². The lowest BCUT2D eigenvalue weighted by molar-refractivity contribution is 0.225. The second kappa shape index (κ2) is 9.40. The maximum Gasteiger partial charge on any atom is 0.324 e. The third kappa shape index (κ3) is 3.82. The summed E-state index contributed by atoms with van der Waals surface area (Å²) in [6.07, 6.45) is 3.07. The highest BCUT2D eigenvalue weighted by Gasteiger charge is 2.56. The fourth-order valence-electron chi connectivity index (χ4n) is 5.23. The van der Waals surface area contributed by atoms with Crippen molar-refractivity contribution in [1.82, 2.24) is 20.2 Å². The number of hydrogen-bond acceptors (Lipinski definition) is 8. The predicted molar refractivity (Wildman–Crippen MR) is 151 cm³/mol. The van der Waals surface area contributed by atoms with E-state index in [9.17, 15) is 4.79 Å². The van der Waals surface area contributed by atoms with Crippen LogP contribution in [0.1, 0.15) is 16.8 Å². The van der Waals surface area contributed by atoms with E-state index in [-0.39, 0.29) is 6.03 Å². The molecule has 1 saturated heterocycles. The van der Waals surface area contributed by atoms with Gasteiger partial charge in [0.25, 0.3) is 0 Å². The lowest BCUT2D eigenvalue weighted by Gasteiger charge is -2.36. The second-order valence-corrected chi connectivity index (χ2v) is 9.93. The van der Waals surface area contributed by atoms with Crippen LogP contribution >= 0.6 is 0 Å². The number of fused-ring (bicyclic) bond motifs is 3. The Hall–Kier alpha value is -4.54. The van der Waals surface area contributed by atoms with Crippen LogP contribution in [-0.4, -0.2) is 82.5 Å². The number of ether oxygens (including phenoxy) is 1. The molecule has 2 aromatic carbocycles. The maximum atomic E-state index is 13.8. The Kier molecular flexibility index (Phi) is 6.22. The van der Waals surface area contributed by atoms with Gasteiger partial charge in [0, 0.05) is 47.8 Å². The van der Waals surface area contributed by atoms with Gasteiger partial charge in [0.1, 0.15) is 12.1 Å². The molecule has 1 fully saturated rings. The fraction of sp³-hybridized carbons (Fsp3) is 0.333. The first-order valence-electron chi connectivity index (χ1n) is 12.3. The van der Waals surface area contributed by atoms with Gasteiger partial charge in [0.15, 0.2) is 17.2 Å². The van der Waals surface area contributed by atoms with Crippen molar-refractivity contribution in [2.45, 2.75) is 12.1 Å². The minimum absolute atomic E-state index is 0.261. The van der Waals surface area contributed by atoms with Crippen LogP contribution in [0.25, 0.3) is 0 Å². The molecule has 1 unspecified atom stereocenters. The quantitative estimate of drug-likeness (QED) is 0.501. The number of nitrogens with zero attached hydrogens (tertiary/aromatic N) is 7. The Morgan fingerprint density at radius 1 is 0.947 bits per heavy atom. The number of urea groups is 1. The molecule has 0 saturated carbocycles. The van der Waals surface area contributed by atoms with Gasteiger partial charge in [-0.15, -0.1) is 0 Å². The Labute approximate surface area is 222 Å². The molecule has 1 atom stereocenters. The standard InChI is InChI=1S/C27H33N9O2/c1-33(2)20-13-12-19(21(34(3)4)22(20)35(5)6)27-23-24(29-15-28-23)30-16-31-25(27)36(26(37)32-27)14-17-8-10-18(38-7)11-9-17/h8-13,15-16H,14H2,1-7H3,(H,28,29)(H,32,37). The second-order valence-electron chi connectivity index (χ2n) is 9.93. The van der Waals surface area contributed by atoms with Crippen molar-refractivity contribution in [3.05, 3.63) is 59.5 Å². The molecule has 3 heterocycles. The highest BCUT2D eigenvalue weighted by Crippen LogP contribution is 2.49. The topological polar surface area (TPSA) is 105 Å². The summed E-state index contributed by atoms with van der Waals surface area (Å²) in [5, 5.41) is 3.29. The number of H-pyrrole nitrogens is 1. The van der Waals surface area contributed by atoms with E-state index in [1.807, 2.05) is 66.6 Å². The zero-order valence-electron chi connectivity index (χ0n) is 22.8. The first-order chi connectivity index (χ1) is 18.2. The average molecular weight is 516 g/mol. The van der Waals surface area contributed by atoms with E-state index >= 15 is 0 Å². The first-order valence-corrected chi connectivity index (χ1v) is 12.3. The lowest BCUT2D eigenvalue weighted by Crippen LogP contribution is -2.46. The number of anilines is 3. The molecule has 198 valence electrons. The van der Waals surface area contributed by atoms with Gasteiger partial charge < -0.3 is 29.7 Å². The molecular formula is C27H33N9O2. The number of hydrogen-bond donors (Lipinski definition) is 2. The summed E-state index contributed by atoms with van der Waals surface area (Å²) in [7, 11) is 13.7. The minimum atomic E-state index is -1.15. The number of imidazole rings is 1. The molecule has 2 aliphatic rings. The van der Waals surface area contributed by atoms with Crippen LogP contribution in [0.5, 0.6) is 5.75 Å². The van der Waals surface area contributed by atoms with Crippen LogP contribution in [0.2, 0.25) is 0 Å². The smallest absolute Gasteiger partial charge is 0.324 e. The Bertz CT molecular complexity index is 1420. The number of carbonyl (C=O) groups excluding carboxylic acids is 1. The molecular weight excluding hydrogens is 482 g/mol. The zero-order valence-corrected chi connectivity index (χ0v) is 22.8. The summed E-state index contributed by atoms with van der Waals surface area (Å²) >= 11 is 0. The predicted octanol–water partition coefficient (Wildman–Crippen LogP) is 3.16. The molecule has 11 nitrogen and oxygen atoms in total. The zero-order chi connectivity index (χ0) is 27.2. The summed E-state index contributed by atoms with van der Waals surface area (Å²) < 4.78 is 5.30. The maximum absolute atomic E-state index is 13.8. The molecule has 0 bridgehead atoms. The van der Waals surface area contributed by atoms with Crippen molar-refractivity contribution in [2.75, 3.05) is 64.1 Å². The third-order valence-electron chi connectivity index (χ3n) is 6.89. The average Bonchev–Trinajstić information content (AvgIpc) is 3.43. The highest BCUT2D eigenvalue weighted by atomic mass is 16.5. The number of aromatic nitrogens is 2. The SMILES string of the molecule is COc1ccc(CN2C(=O)NC3(c4ccc(N(C)C)c(N(C)C)c4N(C)C)C2=NC=Nc2nc[nH]c23)cc1. The van der Waals surface area contributed by atoms with Crippen LogP contribution < -0.4 is 24.8 Å². The number of benzene rings is 2. The molecule has 38 heavy (non-hydrogen) atoms. The van der Waals surface area contributed by atoms with Gasteiger partial charge in [0.2, 0.25) is 0 Å². The number of carbonyl (C=O) groups is 1. The minimum Gasteiger partial charge on any atom is -0.497 e. The van der Waals surface area contributed by atoms with Gasteiger partial charge in [-0.05, 0) is 23.8 Å². The number of amides is 2. The van der Waals surface area contributed by atoms with Crippen molar-refractivity contribution in [3.8, 4) is 5.75 Å². The van der Waals surface area contributed by atoms with E-state index in [0.717, 1.165) is 33.9 Å². The Balaban J connectivity index is 1.76. The number of amidine groups is 1. The Morgan fingerprint density at radius 3 is 2.29 bits per heavy atom. The van der Waals surface area contributed by atoms with E-state index in [1.165, 1.54) is 6.34 Å². The largest absolute Gasteiger partial charge is 0.497 e. The highest BCUT2D eigenvalue weighted by molar-refractivity contribution is 6.16. The molecule has 3 aromatic rings. The van der Waals surface area contributed by atoms with Gasteiger partial charge in [-0.25, -0.2) is 19.8 Å². The monoisotopic (exact) mass is 515 g/mol. The number of rotatable bonds is 7. The Morgan fingerprint density at radius 2 is 1.66 bits per heavy atom. The number of nitrogens with one attached hydrogen (secondary N) is 2. The van der Waals surface area contributed by atoms with E-state index in [1.54, 1.807) is 18.3 Å². The fourth-order valence-corrected chi connectivity index (χ4v) is 5.23. The summed E-state index contributed by atoms with van der Waals surface area (Å²) in [6.45, 7) is 0.321. The van der Waals surface area contributed by atoms with Gasteiger partial charge in [-0.3, -0.25) is 4.90 Å². The van der Waals surface area contributed by atoms with Crippen molar-refractivity contribution >= 4 is 41.1 Å². The molecule has 5 rings (SSSR count). The lowest BCUT2D eigenvalue weighted by atomic mass is 9.83. The molecule has 11 heteroatoms. The van der Waals surface area contributed by atoms with Crippen LogP contribution in [0.4, 0.5) is 27.7 Å². The summed E-state index contributed by atoms with van der Waals surface area (Å²) in [6, 6.07) is 11.5. The van der Waals surface area contributed by atoms with E-state index in [2.05, 4.69) is 47.1 Å². The van der Waals surface area contributed by atoms with Crippen LogP contribution in [0.15, 0.2) is 52.7 Å². The molecule has 2 amide bonds. The first kappa shape index (κ1) is 25.1. The van der Waals surface area contributed by atoms with Crippen molar-refractivity contribution in [3.63, 3.8) is 0 Å². The van der Waals surface area contributed by atoms with Gasteiger partial charge in [-0.2, -0.15) is 0 Å². The molecule has 0 spiro atoms. The van der Waals surface area contributed by atoms with Gasteiger partial charge in [-0.1, -0.05) is 18.2 Å². The number of methoxy groups -OCH3 is 1. The van der Waals surface area contributed by atoms with Crippen molar-refractivity contribution in [1.29, 1.82) is 0 Å². The molecule has 0 aliphatic carbocycles. The van der Waals surface area contributed by atoms with E-state index in [4.69, 9.17) is 9.73 Å².